The molecule has 5 heteroatoms. The maximum absolute atomic E-state index is 11.2. The molecule has 1 heterocycles. The largest absolute Gasteiger partial charge is 0.396 e. The molecule has 0 aromatic rings. The minimum Gasteiger partial charge on any atom is -0.396 e. The normalized spacial score (nSPS) is 27.9. The van der Waals surface area contributed by atoms with Gasteiger partial charge in [0, 0.05) is 25.7 Å². The third kappa shape index (κ3) is 6.23. The lowest BCUT2D eigenvalue weighted by Gasteiger charge is -2.38. The molecule has 1 aliphatic carbocycles. The summed E-state index contributed by atoms with van der Waals surface area (Å²) in [6.45, 7) is 3.58. The molecule has 1 saturated carbocycles. The molecule has 0 bridgehead atoms. The molecule has 2 atom stereocenters. The third-order valence-electron chi connectivity index (χ3n) is 5.18. The standard InChI is InChI=1S/C17H33N3O2/c18-17(22)13-20-11-15(7-4-8-21)9-16(12-20)19-10-14-5-2-1-3-6-14/h14-16,19,21H,1-13H2,(H2,18,22). The Balaban J connectivity index is 1.80. The summed E-state index contributed by atoms with van der Waals surface area (Å²) < 4.78 is 0. The lowest BCUT2D eigenvalue weighted by atomic mass is 9.87. The Kier molecular flexibility index (Phi) is 7.63. The van der Waals surface area contributed by atoms with Gasteiger partial charge in [0.25, 0.3) is 0 Å². The molecule has 2 fully saturated rings. The van der Waals surface area contributed by atoms with E-state index < -0.39 is 0 Å². The molecule has 1 aliphatic heterocycles. The van der Waals surface area contributed by atoms with Crippen LogP contribution < -0.4 is 11.1 Å². The quantitative estimate of drug-likeness (QED) is 0.627. The summed E-state index contributed by atoms with van der Waals surface area (Å²) in [5.41, 5.74) is 5.36. The molecular weight excluding hydrogens is 278 g/mol. The minimum absolute atomic E-state index is 0.242. The highest BCUT2D eigenvalue weighted by Gasteiger charge is 2.28. The van der Waals surface area contributed by atoms with Crippen LogP contribution in [0.25, 0.3) is 0 Å². The van der Waals surface area contributed by atoms with Crippen molar-refractivity contribution in [2.75, 3.05) is 32.8 Å². The van der Waals surface area contributed by atoms with E-state index in [1.54, 1.807) is 0 Å². The summed E-state index contributed by atoms with van der Waals surface area (Å²) in [6, 6.07) is 0.457. The molecule has 128 valence electrons. The van der Waals surface area contributed by atoms with E-state index in [4.69, 9.17) is 10.8 Å². The summed E-state index contributed by atoms with van der Waals surface area (Å²) in [5, 5.41) is 12.8. The second-order valence-corrected chi connectivity index (χ2v) is 7.24. The second-order valence-electron chi connectivity index (χ2n) is 7.24. The van der Waals surface area contributed by atoms with Gasteiger partial charge < -0.3 is 16.2 Å². The van der Waals surface area contributed by atoms with Gasteiger partial charge in [-0.15, -0.1) is 0 Å². The van der Waals surface area contributed by atoms with Gasteiger partial charge in [0.2, 0.25) is 5.91 Å². The molecule has 22 heavy (non-hydrogen) atoms. The predicted octanol–water partition coefficient (Wildman–Crippen LogP) is 1.10. The van der Waals surface area contributed by atoms with E-state index in [0.29, 0.717) is 18.5 Å². The lowest BCUT2D eigenvalue weighted by molar-refractivity contribution is -0.119. The molecule has 0 aromatic carbocycles. The van der Waals surface area contributed by atoms with Gasteiger partial charge in [0.05, 0.1) is 6.54 Å². The number of nitrogens with zero attached hydrogens (tertiary/aromatic N) is 1. The first-order valence-electron chi connectivity index (χ1n) is 9.02. The number of aliphatic hydroxyl groups is 1. The van der Waals surface area contributed by atoms with Crippen LogP contribution in [0.1, 0.15) is 51.4 Å². The van der Waals surface area contributed by atoms with Gasteiger partial charge in [0.15, 0.2) is 0 Å². The zero-order valence-electron chi connectivity index (χ0n) is 13.8. The highest BCUT2D eigenvalue weighted by Crippen LogP contribution is 2.25. The highest BCUT2D eigenvalue weighted by molar-refractivity contribution is 5.75. The van der Waals surface area contributed by atoms with Crippen molar-refractivity contribution in [2.45, 2.75) is 57.4 Å². The number of rotatable bonds is 8. The van der Waals surface area contributed by atoms with Gasteiger partial charge in [-0.05, 0) is 50.5 Å². The van der Waals surface area contributed by atoms with Crippen LogP contribution in [0.4, 0.5) is 0 Å². The van der Waals surface area contributed by atoms with Gasteiger partial charge in [-0.25, -0.2) is 0 Å². The Bertz CT molecular complexity index is 332. The van der Waals surface area contributed by atoms with Gasteiger partial charge in [0.1, 0.15) is 0 Å². The van der Waals surface area contributed by atoms with Crippen molar-refractivity contribution in [3.63, 3.8) is 0 Å². The molecule has 2 unspecified atom stereocenters. The number of carbonyl (C=O) groups excluding carboxylic acids is 1. The Labute approximate surface area is 134 Å². The SMILES string of the molecule is NC(=O)CN1CC(CCCO)CC(NCC2CCCCC2)C1. The van der Waals surface area contributed by atoms with E-state index in [0.717, 1.165) is 44.8 Å². The number of primary amides is 1. The van der Waals surface area contributed by atoms with Crippen LogP contribution in [0.2, 0.25) is 0 Å². The maximum atomic E-state index is 11.2. The molecule has 1 amide bonds. The summed E-state index contributed by atoms with van der Waals surface area (Å²) in [6.07, 6.45) is 9.92. The Morgan fingerprint density at radius 3 is 2.64 bits per heavy atom. The second kappa shape index (κ2) is 9.48. The number of hydrogen-bond acceptors (Lipinski definition) is 4. The predicted molar refractivity (Wildman–Crippen MR) is 88.4 cm³/mol. The van der Waals surface area contributed by atoms with Crippen molar-refractivity contribution in [2.24, 2.45) is 17.6 Å². The van der Waals surface area contributed by atoms with E-state index in [1.807, 2.05) is 0 Å². The molecule has 2 rings (SSSR count). The number of aliphatic hydroxyl groups excluding tert-OH is 1. The Hall–Kier alpha value is -0.650. The molecule has 5 nitrogen and oxygen atoms in total. The number of hydrogen-bond donors (Lipinski definition) is 3. The lowest BCUT2D eigenvalue weighted by Crippen LogP contribution is -2.52. The van der Waals surface area contributed by atoms with Crippen LogP contribution in [0.15, 0.2) is 0 Å². The number of carbonyl (C=O) groups is 1. The zero-order chi connectivity index (χ0) is 15.8. The fourth-order valence-corrected chi connectivity index (χ4v) is 4.11. The highest BCUT2D eigenvalue weighted by atomic mass is 16.2. The number of nitrogens with one attached hydrogen (secondary N) is 1. The van der Waals surface area contributed by atoms with E-state index in [1.165, 1.54) is 32.1 Å². The van der Waals surface area contributed by atoms with Crippen molar-refractivity contribution in [3.8, 4) is 0 Å². The topological polar surface area (TPSA) is 78.6 Å². The molecule has 1 saturated heterocycles. The molecule has 0 aromatic heterocycles. The molecule has 0 radical (unpaired) electrons. The fraction of sp³-hybridized carbons (Fsp3) is 0.941. The van der Waals surface area contributed by atoms with Gasteiger partial charge >= 0.3 is 0 Å². The first-order valence-corrected chi connectivity index (χ1v) is 9.02. The summed E-state index contributed by atoms with van der Waals surface area (Å²) >= 11 is 0. The smallest absolute Gasteiger partial charge is 0.231 e. The van der Waals surface area contributed by atoms with Gasteiger partial charge in [-0.1, -0.05) is 19.3 Å². The van der Waals surface area contributed by atoms with Crippen molar-refractivity contribution in [1.29, 1.82) is 0 Å². The van der Waals surface area contributed by atoms with Gasteiger partial charge in [-0.2, -0.15) is 0 Å². The molecule has 0 spiro atoms. The Morgan fingerprint density at radius 2 is 1.95 bits per heavy atom. The van der Waals surface area contributed by atoms with Crippen LogP contribution in [-0.2, 0) is 4.79 Å². The van der Waals surface area contributed by atoms with Crippen LogP contribution in [0.3, 0.4) is 0 Å². The molecule has 2 aliphatic rings. The van der Waals surface area contributed by atoms with Crippen molar-refractivity contribution in [3.05, 3.63) is 0 Å². The first kappa shape index (κ1) is 17.7. The number of likely N-dealkylation sites (tertiary alicyclic amines) is 1. The molecule has 4 N–H and O–H groups in total. The van der Waals surface area contributed by atoms with Gasteiger partial charge in [-0.3, -0.25) is 9.69 Å². The van der Waals surface area contributed by atoms with Crippen LogP contribution >= 0.6 is 0 Å². The Morgan fingerprint density at radius 1 is 1.18 bits per heavy atom. The summed E-state index contributed by atoms with van der Waals surface area (Å²) in [5.74, 6) is 1.15. The number of piperidine rings is 1. The number of amides is 1. The van der Waals surface area contributed by atoms with Crippen LogP contribution in [0, 0.1) is 11.8 Å². The van der Waals surface area contributed by atoms with E-state index in [9.17, 15) is 4.79 Å². The molecular formula is C17H33N3O2. The maximum Gasteiger partial charge on any atom is 0.231 e. The summed E-state index contributed by atoms with van der Waals surface area (Å²) in [7, 11) is 0. The average Bonchev–Trinajstić information content (AvgIpc) is 2.51. The van der Waals surface area contributed by atoms with Crippen LogP contribution in [0.5, 0.6) is 0 Å². The number of nitrogens with two attached hydrogens (primary N) is 1. The van der Waals surface area contributed by atoms with Crippen LogP contribution in [-0.4, -0.2) is 54.7 Å². The zero-order valence-corrected chi connectivity index (χ0v) is 13.8. The average molecular weight is 311 g/mol. The first-order chi connectivity index (χ1) is 10.7. The third-order valence-corrected chi connectivity index (χ3v) is 5.18. The fourth-order valence-electron chi connectivity index (χ4n) is 4.11. The van der Waals surface area contributed by atoms with Crippen molar-refractivity contribution >= 4 is 5.91 Å². The van der Waals surface area contributed by atoms with E-state index in [-0.39, 0.29) is 12.5 Å². The van der Waals surface area contributed by atoms with E-state index >= 15 is 0 Å². The summed E-state index contributed by atoms with van der Waals surface area (Å²) in [4.78, 5) is 13.4. The van der Waals surface area contributed by atoms with E-state index in [2.05, 4.69) is 10.2 Å². The minimum atomic E-state index is -0.242. The monoisotopic (exact) mass is 311 g/mol. The van der Waals surface area contributed by atoms with Crippen molar-refractivity contribution in [1.82, 2.24) is 10.2 Å². The van der Waals surface area contributed by atoms with Crippen molar-refractivity contribution < 1.29 is 9.90 Å².